The van der Waals surface area contributed by atoms with Crippen LogP contribution >= 0.6 is 0 Å². The van der Waals surface area contributed by atoms with E-state index in [2.05, 4.69) is 17.1 Å². The second-order valence-corrected chi connectivity index (χ2v) is 4.23. The Kier molecular flexibility index (Phi) is 3.24. The van der Waals surface area contributed by atoms with Crippen LogP contribution in [0.2, 0.25) is 0 Å². The summed E-state index contributed by atoms with van der Waals surface area (Å²) >= 11 is 0. The van der Waals surface area contributed by atoms with Crippen LogP contribution in [0.15, 0.2) is 53.5 Å². The molecule has 2 aromatic carbocycles. The predicted molar refractivity (Wildman–Crippen MR) is 74.7 cm³/mol. The van der Waals surface area contributed by atoms with Crippen molar-refractivity contribution in [1.82, 2.24) is 0 Å². The van der Waals surface area contributed by atoms with E-state index < -0.39 is 0 Å². The van der Waals surface area contributed by atoms with Gasteiger partial charge in [0, 0.05) is 11.4 Å². The summed E-state index contributed by atoms with van der Waals surface area (Å²) in [5.74, 6) is 0. The van der Waals surface area contributed by atoms with Crippen molar-refractivity contribution in [2.24, 2.45) is 4.99 Å². The number of benzene rings is 2. The largest absolute Gasteiger partial charge is 0.399 e. The van der Waals surface area contributed by atoms with Crippen molar-refractivity contribution in [3.05, 3.63) is 48.5 Å². The molecule has 0 radical (unpaired) electrons. The van der Waals surface area contributed by atoms with E-state index in [1.807, 2.05) is 50.2 Å². The third kappa shape index (κ3) is 2.94. The van der Waals surface area contributed by atoms with E-state index >= 15 is 0 Å². The average molecular weight is 224 g/mol. The molecule has 2 heteroatoms. The zero-order chi connectivity index (χ0) is 12.3. The molecular formula is C15H16N2. The van der Waals surface area contributed by atoms with Gasteiger partial charge in [0.1, 0.15) is 0 Å². The first-order chi connectivity index (χ1) is 8.15. The molecule has 0 fully saturated rings. The molecule has 2 aromatic rings. The first-order valence-electron chi connectivity index (χ1n) is 5.63. The number of nitrogens with two attached hydrogens (primary N) is 1. The van der Waals surface area contributed by atoms with Gasteiger partial charge in [-0.05, 0) is 49.2 Å². The highest BCUT2D eigenvalue weighted by Gasteiger charge is 1.97. The molecule has 0 aliphatic heterocycles. The third-order valence-corrected chi connectivity index (χ3v) is 2.46. The molecule has 2 rings (SSSR count). The summed E-state index contributed by atoms with van der Waals surface area (Å²) in [6.07, 6.45) is 0. The Bertz CT molecular complexity index is 518. The van der Waals surface area contributed by atoms with Gasteiger partial charge in [0.15, 0.2) is 0 Å². The molecule has 0 saturated carbocycles. The van der Waals surface area contributed by atoms with Gasteiger partial charge in [0.2, 0.25) is 0 Å². The fourth-order valence-electron chi connectivity index (χ4n) is 1.66. The monoisotopic (exact) mass is 224 g/mol. The highest BCUT2D eigenvalue weighted by Crippen LogP contribution is 2.23. The van der Waals surface area contributed by atoms with Gasteiger partial charge in [-0.2, -0.15) is 0 Å². The summed E-state index contributed by atoms with van der Waals surface area (Å²) in [5, 5.41) is 0. The molecule has 0 spiro atoms. The van der Waals surface area contributed by atoms with Gasteiger partial charge in [0.25, 0.3) is 0 Å². The molecule has 2 nitrogen and oxygen atoms in total. The SMILES string of the molecule is CC(C)=Nc1ccc(-c2ccc(N)cc2)cc1. The first kappa shape index (κ1) is 11.4. The van der Waals surface area contributed by atoms with Crippen molar-refractivity contribution in [1.29, 1.82) is 0 Å². The number of rotatable bonds is 2. The lowest BCUT2D eigenvalue weighted by atomic mass is 10.1. The summed E-state index contributed by atoms with van der Waals surface area (Å²) in [6, 6.07) is 16.1. The molecule has 0 amide bonds. The smallest absolute Gasteiger partial charge is 0.0629 e. The molecular weight excluding hydrogens is 208 g/mol. The van der Waals surface area contributed by atoms with Crippen LogP contribution in [0, 0.1) is 0 Å². The molecule has 0 aromatic heterocycles. The quantitative estimate of drug-likeness (QED) is 0.606. The van der Waals surface area contributed by atoms with Crippen LogP contribution in [0.3, 0.4) is 0 Å². The number of anilines is 1. The lowest BCUT2D eigenvalue weighted by Crippen LogP contribution is -1.84. The van der Waals surface area contributed by atoms with Gasteiger partial charge in [-0.15, -0.1) is 0 Å². The topological polar surface area (TPSA) is 38.4 Å². The fourth-order valence-corrected chi connectivity index (χ4v) is 1.66. The van der Waals surface area contributed by atoms with E-state index in [1.54, 1.807) is 0 Å². The minimum atomic E-state index is 0.788. The lowest BCUT2D eigenvalue weighted by molar-refractivity contribution is 1.47. The molecule has 0 bridgehead atoms. The van der Waals surface area contributed by atoms with Crippen molar-refractivity contribution in [3.63, 3.8) is 0 Å². The van der Waals surface area contributed by atoms with Crippen LogP contribution in [0.25, 0.3) is 11.1 Å². The Hall–Kier alpha value is -2.09. The zero-order valence-electron chi connectivity index (χ0n) is 10.1. The lowest BCUT2D eigenvalue weighted by Gasteiger charge is -2.03. The van der Waals surface area contributed by atoms with E-state index in [1.165, 1.54) is 11.1 Å². The van der Waals surface area contributed by atoms with E-state index in [9.17, 15) is 0 Å². The van der Waals surface area contributed by atoms with E-state index in [4.69, 9.17) is 5.73 Å². The van der Waals surface area contributed by atoms with E-state index in [0.29, 0.717) is 0 Å². The van der Waals surface area contributed by atoms with Gasteiger partial charge in [0.05, 0.1) is 5.69 Å². The standard InChI is InChI=1S/C15H16N2/c1-11(2)17-15-9-5-13(6-10-15)12-3-7-14(16)8-4-12/h3-10H,16H2,1-2H3. The molecule has 0 unspecified atom stereocenters. The van der Waals surface area contributed by atoms with Crippen LogP contribution < -0.4 is 5.73 Å². The summed E-state index contributed by atoms with van der Waals surface area (Å²) in [6.45, 7) is 3.99. The maximum Gasteiger partial charge on any atom is 0.0629 e. The normalized spacial score (nSPS) is 10.0. The number of nitrogen functional groups attached to an aromatic ring is 1. The Labute approximate surface area is 102 Å². The van der Waals surface area contributed by atoms with Crippen molar-refractivity contribution >= 4 is 17.1 Å². The zero-order valence-corrected chi connectivity index (χ0v) is 10.1. The van der Waals surface area contributed by atoms with Crippen LogP contribution in [0.1, 0.15) is 13.8 Å². The van der Waals surface area contributed by atoms with Crippen molar-refractivity contribution in [2.45, 2.75) is 13.8 Å². The van der Waals surface area contributed by atoms with Crippen LogP contribution in [-0.4, -0.2) is 5.71 Å². The van der Waals surface area contributed by atoms with E-state index in [0.717, 1.165) is 17.1 Å². The molecule has 0 aliphatic rings. The Morgan fingerprint density at radius 2 is 1.29 bits per heavy atom. The van der Waals surface area contributed by atoms with E-state index in [-0.39, 0.29) is 0 Å². The molecule has 0 saturated heterocycles. The molecule has 17 heavy (non-hydrogen) atoms. The minimum absolute atomic E-state index is 0.788. The van der Waals surface area contributed by atoms with Crippen molar-refractivity contribution in [3.8, 4) is 11.1 Å². The summed E-state index contributed by atoms with van der Waals surface area (Å²) in [7, 11) is 0. The summed E-state index contributed by atoms with van der Waals surface area (Å²) in [4.78, 5) is 4.41. The summed E-state index contributed by atoms with van der Waals surface area (Å²) in [5.41, 5.74) is 10.9. The third-order valence-electron chi connectivity index (χ3n) is 2.46. The first-order valence-corrected chi connectivity index (χ1v) is 5.63. The second kappa shape index (κ2) is 4.83. The number of hydrogen-bond acceptors (Lipinski definition) is 2. The van der Waals surface area contributed by atoms with Crippen LogP contribution in [0.4, 0.5) is 11.4 Å². The summed E-state index contributed by atoms with van der Waals surface area (Å²) < 4.78 is 0. The average Bonchev–Trinajstić information content (AvgIpc) is 2.30. The van der Waals surface area contributed by atoms with Crippen LogP contribution in [-0.2, 0) is 0 Å². The molecule has 86 valence electrons. The highest BCUT2D eigenvalue weighted by molar-refractivity contribution is 5.82. The molecule has 0 aliphatic carbocycles. The maximum atomic E-state index is 5.67. The second-order valence-electron chi connectivity index (χ2n) is 4.23. The highest BCUT2D eigenvalue weighted by atomic mass is 14.7. The number of aliphatic imine (C=N–C) groups is 1. The van der Waals surface area contributed by atoms with Gasteiger partial charge in [-0.25, -0.2) is 0 Å². The van der Waals surface area contributed by atoms with Gasteiger partial charge >= 0.3 is 0 Å². The van der Waals surface area contributed by atoms with Gasteiger partial charge < -0.3 is 5.73 Å². The van der Waals surface area contributed by atoms with Gasteiger partial charge in [-0.3, -0.25) is 4.99 Å². The van der Waals surface area contributed by atoms with Gasteiger partial charge in [-0.1, -0.05) is 24.3 Å². The van der Waals surface area contributed by atoms with Crippen LogP contribution in [0.5, 0.6) is 0 Å². The Morgan fingerprint density at radius 1 is 0.824 bits per heavy atom. The van der Waals surface area contributed by atoms with Crippen molar-refractivity contribution < 1.29 is 0 Å². The molecule has 0 atom stereocenters. The maximum absolute atomic E-state index is 5.67. The minimum Gasteiger partial charge on any atom is -0.399 e. The Morgan fingerprint density at radius 3 is 1.76 bits per heavy atom. The molecule has 2 N–H and O–H groups in total. The predicted octanol–water partition coefficient (Wildman–Crippen LogP) is 4.05. The number of hydrogen-bond donors (Lipinski definition) is 1. The Balaban J connectivity index is 2.29. The number of nitrogens with zero attached hydrogens (tertiary/aromatic N) is 1. The fraction of sp³-hybridized carbons (Fsp3) is 0.133. The van der Waals surface area contributed by atoms with Crippen molar-refractivity contribution in [2.75, 3.05) is 5.73 Å². The molecule has 0 heterocycles.